The minimum atomic E-state index is 0.788. The first kappa shape index (κ1) is 20.3. The van der Waals surface area contributed by atoms with Gasteiger partial charge in [-0.15, -0.1) is 0 Å². The molecule has 0 aliphatic heterocycles. The first-order valence-corrected chi connectivity index (χ1v) is 10.8. The lowest BCUT2D eigenvalue weighted by Gasteiger charge is -2.08. The normalized spacial score (nSPS) is 11.1. The van der Waals surface area contributed by atoms with E-state index >= 15 is 0 Å². The summed E-state index contributed by atoms with van der Waals surface area (Å²) >= 11 is 0. The van der Waals surface area contributed by atoms with Crippen LogP contribution in [0.25, 0.3) is 22.2 Å². The lowest BCUT2D eigenvalue weighted by atomic mass is 10.1. The maximum atomic E-state index is 5.87. The second kappa shape index (κ2) is 10.8. The van der Waals surface area contributed by atoms with Crippen molar-refractivity contribution < 1.29 is 4.74 Å². The Hall–Kier alpha value is -2.42. The lowest BCUT2D eigenvalue weighted by Crippen LogP contribution is -1.96. The van der Waals surface area contributed by atoms with Gasteiger partial charge in [0.05, 0.1) is 6.61 Å². The van der Waals surface area contributed by atoms with Gasteiger partial charge in [0.1, 0.15) is 5.75 Å². The highest BCUT2D eigenvalue weighted by atomic mass is 16.5. The second-order valence-electron chi connectivity index (χ2n) is 7.50. The Morgan fingerprint density at radius 1 is 0.750 bits per heavy atom. The van der Waals surface area contributed by atoms with Crippen molar-refractivity contribution in [3.8, 4) is 17.1 Å². The van der Waals surface area contributed by atoms with Crippen LogP contribution in [-0.4, -0.2) is 16.6 Å². The van der Waals surface area contributed by atoms with Gasteiger partial charge in [-0.05, 0) is 53.8 Å². The first-order chi connectivity index (χ1) is 13.8. The quantitative estimate of drug-likeness (QED) is 0.338. The third-order valence-electron chi connectivity index (χ3n) is 5.11. The van der Waals surface area contributed by atoms with E-state index in [0.29, 0.717) is 0 Å². The molecule has 0 saturated heterocycles. The first-order valence-electron chi connectivity index (χ1n) is 10.8. The standard InChI is InChI=1S/C25H32N2O/c1-3-5-7-8-10-20-18-26-25(27-19-20)23-12-11-22-17-24(14-13-21(22)16-23)28-15-9-6-4-2/h11-14,16-19H,3-10,15H2,1-2H3. The molecule has 3 aromatic rings. The number of rotatable bonds is 11. The summed E-state index contributed by atoms with van der Waals surface area (Å²) in [4.78, 5) is 9.19. The molecule has 0 saturated carbocycles. The summed E-state index contributed by atoms with van der Waals surface area (Å²) in [6.07, 6.45) is 13.6. The highest BCUT2D eigenvalue weighted by Crippen LogP contribution is 2.25. The van der Waals surface area contributed by atoms with Crippen molar-refractivity contribution in [2.24, 2.45) is 0 Å². The number of ether oxygens (including phenoxy) is 1. The van der Waals surface area contributed by atoms with Crippen LogP contribution in [0.15, 0.2) is 48.8 Å². The van der Waals surface area contributed by atoms with Crippen molar-refractivity contribution >= 4 is 10.8 Å². The van der Waals surface area contributed by atoms with Crippen LogP contribution in [0.5, 0.6) is 5.75 Å². The molecule has 0 aliphatic rings. The van der Waals surface area contributed by atoms with E-state index in [1.807, 2.05) is 12.4 Å². The monoisotopic (exact) mass is 376 g/mol. The number of fused-ring (bicyclic) bond motifs is 1. The number of benzene rings is 2. The van der Waals surface area contributed by atoms with Gasteiger partial charge in [0.25, 0.3) is 0 Å². The smallest absolute Gasteiger partial charge is 0.159 e. The molecule has 3 rings (SSSR count). The van der Waals surface area contributed by atoms with Gasteiger partial charge in [0, 0.05) is 18.0 Å². The number of aryl methyl sites for hydroxylation is 1. The Bertz CT molecular complexity index is 858. The molecule has 28 heavy (non-hydrogen) atoms. The van der Waals surface area contributed by atoms with E-state index in [9.17, 15) is 0 Å². The molecular formula is C25H32N2O. The average molecular weight is 377 g/mol. The predicted octanol–water partition coefficient (Wildman–Crippen LogP) is 6.99. The summed E-state index contributed by atoms with van der Waals surface area (Å²) in [7, 11) is 0. The van der Waals surface area contributed by atoms with Gasteiger partial charge in [0.2, 0.25) is 0 Å². The number of hydrogen-bond acceptors (Lipinski definition) is 3. The van der Waals surface area contributed by atoms with E-state index in [1.165, 1.54) is 54.9 Å². The van der Waals surface area contributed by atoms with Crippen LogP contribution in [-0.2, 0) is 6.42 Å². The van der Waals surface area contributed by atoms with Gasteiger partial charge in [0.15, 0.2) is 5.82 Å². The van der Waals surface area contributed by atoms with E-state index in [0.717, 1.165) is 36.6 Å². The van der Waals surface area contributed by atoms with Gasteiger partial charge < -0.3 is 4.74 Å². The highest BCUT2D eigenvalue weighted by Gasteiger charge is 2.05. The number of hydrogen-bond donors (Lipinski definition) is 0. The molecule has 0 spiro atoms. The zero-order valence-electron chi connectivity index (χ0n) is 17.3. The molecule has 1 heterocycles. The topological polar surface area (TPSA) is 35.0 Å². The summed E-state index contributed by atoms with van der Waals surface area (Å²) in [6.45, 7) is 5.23. The molecule has 3 heteroatoms. The Morgan fingerprint density at radius 3 is 2.25 bits per heavy atom. The van der Waals surface area contributed by atoms with Crippen LogP contribution in [0.2, 0.25) is 0 Å². The molecule has 1 aromatic heterocycles. The largest absolute Gasteiger partial charge is 0.494 e. The van der Waals surface area contributed by atoms with Crippen molar-refractivity contribution in [2.45, 2.75) is 65.2 Å². The minimum Gasteiger partial charge on any atom is -0.494 e. The lowest BCUT2D eigenvalue weighted by molar-refractivity contribution is 0.306. The van der Waals surface area contributed by atoms with Gasteiger partial charge in [-0.3, -0.25) is 0 Å². The zero-order chi connectivity index (χ0) is 19.6. The van der Waals surface area contributed by atoms with Crippen LogP contribution >= 0.6 is 0 Å². The summed E-state index contributed by atoms with van der Waals surface area (Å²) in [6, 6.07) is 12.7. The van der Waals surface area contributed by atoms with E-state index in [1.54, 1.807) is 0 Å². The van der Waals surface area contributed by atoms with Crippen molar-refractivity contribution in [1.29, 1.82) is 0 Å². The summed E-state index contributed by atoms with van der Waals surface area (Å²) in [5.74, 6) is 1.74. The second-order valence-corrected chi connectivity index (χ2v) is 7.50. The Balaban J connectivity index is 1.65. The highest BCUT2D eigenvalue weighted by molar-refractivity contribution is 5.87. The fourth-order valence-electron chi connectivity index (χ4n) is 3.38. The van der Waals surface area contributed by atoms with Gasteiger partial charge in [-0.25, -0.2) is 9.97 Å². The molecule has 3 nitrogen and oxygen atoms in total. The average Bonchev–Trinajstić information content (AvgIpc) is 2.74. The van der Waals surface area contributed by atoms with Crippen LogP contribution in [0.3, 0.4) is 0 Å². The Labute approximate surface area is 169 Å². The van der Waals surface area contributed by atoms with Crippen molar-refractivity contribution in [2.75, 3.05) is 6.61 Å². The molecule has 2 aromatic carbocycles. The van der Waals surface area contributed by atoms with Crippen molar-refractivity contribution in [1.82, 2.24) is 9.97 Å². The molecule has 0 radical (unpaired) electrons. The SMILES string of the molecule is CCCCCCc1cnc(-c2ccc3cc(OCCCCC)ccc3c2)nc1. The predicted molar refractivity (Wildman–Crippen MR) is 118 cm³/mol. The third-order valence-corrected chi connectivity index (χ3v) is 5.11. The molecule has 0 amide bonds. The Morgan fingerprint density at radius 2 is 1.46 bits per heavy atom. The van der Waals surface area contributed by atoms with E-state index in [2.05, 4.69) is 60.2 Å². The minimum absolute atomic E-state index is 0.788. The van der Waals surface area contributed by atoms with Crippen LogP contribution in [0.4, 0.5) is 0 Å². The maximum Gasteiger partial charge on any atom is 0.159 e. The molecule has 148 valence electrons. The molecule has 0 aliphatic carbocycles. The van der Waals surface area contributed by atoms with Crippen LogP contribution in [0.1, 0.15) is 64.4 Å². The molecule has 0 unspecified atom stereocenters. The van der Waals surface area contributed by atoms with Crippen molar-refractivity contribution in [3.63, 3.8) is 0 Å². The molecular weight excluding hydrogens is 344 g/mol. The van der Waals surface area contributed by atoms with Gasteiger partial charge in [-0.2, -0.15) is 0 Å². The maximum absolute atomic E-state index is 5.87. The number of aromatic nitrogens is 2. The fraction of sp³-hybridized carbons (Fsp3) is 0.440. The summed E-state index contributed by atoms with van der Waals surface area (Å²) in [5.41, 5.74) is 2.28. The summed E-state index contributed by atoms with van der Waals surface area (Å²) < 4.78 is 5.87. The molecule has 0 N–H and O–H groups in total. The van der Waals surface area contributed by atoms with E-state index < -0.39 is 0 Å². The number of unbranched alkanes of at least 4 members (excludes halogenated alkanes) is 5. The van der Waals surface area contributed by atoms with E-state index in [4.69, 9.17) is 4.74 Å². The molecule has 0 atom stereocenters. The summed E-state index contributed by atoms with van der Waals surface area (Å²) in [5, 5.41) is 2.37. The fourth-order valence-corrected chi connectivity index (χ4v) is 3.38. The molecule has 0 bridgehead atoms. The van der Waals surface area contributed by atoms with Gasteiger partial charge >= 0.3 is 0 Å². The third kappa shape index (κ3) is 5.79. The number of nitrogens with zero attached hydrogens (tertiary/aromatic N) is 2. The van der Waals surface area contributed by atoms with Crippen molar-refractivity contribution in [3.05, 3.63) is 54.4 Å². The Kier molecular flexibility index (Phi) is 7.83. The van der Waals surface area contributed by atoms with E-state index in [-0.39, 0.29) is 0 Å². The zero-order valence-corrected chi connectivity index (χ0v) is 17.3. The van der Waals surface area contributed by atoms with Gasteiger partial charge in [-0.1, -0.05) is 64.2 Å². The van der Waals surface area contributed by atoms with Crippen LogP contribution in [0, 0.1) is 0 Å². The van der Waals surface area contributed by atoms with Crippen LogP contribution < -0.4 is 4.74 Å². The molecule has 0 fully saturated rings.